The van der Waals surface area contributed by atoms with Gasteiger partial charge in [0.25, 0.3) is 0 Å². The maximum atomic E-state index is 15.0. The number of carbonyl (C=O) groups is 4. The normalized spacial score (nSPS) is 35.7. The van der Waals surface area contributed by atoms with Gasteiger partial charge in [-0.2, -0.15) is 0 Å². The highest BCUT2D eigenvalue weighted by atomic mass is 16.7. The molecule has 6 heterocycles. The summed E-state index contributed by atoms with van der Waals surface area (Å²) < 4.78 is 38.4. The van der Waals surface area contributed by atoms with E-state index in [0.717, 1.165) is 17.9 Å². The zero-order valence-corrected chi connectivity index (χ0v) is 40.5. The maximum absolute atomic E-state index is 15.0. The summed E-state index contributed by atoms with van der Waals surface area (Å²) in [6.45, 7) is 21.0. The first kappa shape index (κ1) is 50.6. The molecule has 2 aromatic rings. The van der Waals surface area contributed by atoms with Crippen LogP contribution in [0.4, 0.5) is 16.3 Å². The van der Waals surface area contributed by atoms with Gasteiger partial charge in [-0.25, -0.2) is 9.78 Å². The van der Waals surface area contributed by atoms with Crippen LogP contribution in [0.1, 0.15) is 93.6 Å². The maximum Gasteiger partial charge on any atom is 0.410 e. The van der Waals surface area contributed by atoms with E-state index < -0.39 is 95.7 Å². The Hall–Kier alpha value is -4.84. The second-order valence-electron chi connectivity index (χ2n) is 19.4. The van der Waals surface area contributed by atoms with Crippen LogP contribution in [0.2, 0.25) is 0 Å². The van der Waals surface area contributed by atoms with Gasteiger partial charge >= 0.3 is 18.0 Å². The van der Waals surface area contributed by atoms with Crippen molar-refractivity contribution in [2.75, 3.05) is 37.6 Å². The molecule has 0 aromatic carbocycles. The van der Waals surface area contributed by atoms with Gasteiger partial charge in [-0.1, -0.05) is 33.4 Å². The van der Waals surface area contributed by atoms with Crippen LogP contribution in [0.3, 0.4) is 0 Å². The number of aromatic nitrogens is 2. The Balaban J connectivity index is 1.35. The first-order valence-electron chi connectivity index (χ1n) is 23.4. The molecule has 66 heavy (non-hydrogen) atoms. The summed E-state index contributed by atoms with van der Waals surface area (Å²) in [6.07, 6.45) is 1.79. The summed E-state index contributed by atoms with van der Waals surface area (Å²) in [5.74, 6) is -4.07. The molecule has 0 aliphatic carbocycles. The van der Waals surface area contributed by atoms with Crippen LogP contribution in [-0.2, 0) is 49.2 Å². The van der Waals surface area contributed by atoms with Gasteiger partial charge in [-0.05, 0) is 97.2 Å². The number of carbonyl (C=O) groups excluding carboxylic acids is 4. The Bertz CT molecular complexity index is 2030. The van der Waals surface area contributed by atoms with Crippen LogP contribution in [-0.4, -0.2) is 142 Å². The number of nitrogens with zero attached hydrogens (tertiary/aromatic N) is 5. The Morgan fingerprint density at radius 2 is 1.83 bits per heavy atom. The van der Waals surface area contributed by atoms with Crippen molar-refractivity contribution in [3.05, 3.63) is 61.2 Å². The minimum Gasteiger partial charge on any atom is -0.461 e. The summed E-state index contributed by atoms with van der Waals surface area (Å²) in [5, 5.41) is 15.1. The number of ketones is 1. The van der Waals surface area contributed by atoms with E-state index in [-0.39, 0.29) is 37.3 Å². The molecule has 0 bridgehead atoms. The molecule has 0 saturated carbocycles. The van der Waals surface area contributed by atoms with E-state index in [2.05, 4.69) is 33.7 Å². The average molecular weight is 921 g/mol. The van der Waals surface area contributed by atoms with Crippen LogP contribution < -0.4 is 10.2 Å². The molecule has 364 valence electrons. The predicted molar refractivity (Wildman–Crippen MR) is 246 cm³/mol. The van der Waals surface area contributed by atoms with Gasteiger partial charge < -0.3 is 53.5 Å². The average Bonchev–Trinajstić information content (AvgIpc) is 3.84. The number of anilines is 2. The molecule has 2 N–H and O–H groups in total. The molecule has 3 fully saturated rings. The molecule has 2 unspecified atom stereocenters. The molecule has 0 spiro atoms. The van der Waals surface area contributed by atoms with Gasteiger partial charge in [0.15, 0.2) is 17.7 Å². The van der Waals surface area contributed by atoms with Gasteiger partial charge in [0.2, 0.25) is 0 Å². The van der Waals surface area contributed by atoms with Crippen molar-refractivity contribution in [3.8, 4) is 0 Å². The minimum atomic E-state index is -1.45. The topological polar surface area (TPSA) is 191 Å². The van der Waals surface area contributed by atoms with E-state index in [9.17, 15) is 24.3 Å². The van der Waals surface area contributed by atoms with Crippen LogP contribution in [0.15, 0.2) is 55.6 Å². The number of Topliss-reactive ketones (excluding diaryl/α,β-unsaturated/α-hetero) is 1. The minimum absolute atomic E-state index is 0.102. The number of rotatable bonds is 13. The number of nitrogens with one attached hydrogen (secondary N) is 1. The second-order valence-corrected chi connectivity index (χ2v) is 19.4. The van der Waals surface area contributed by atoms with Crippen molar-refractivity contribution in [3.63, 3.8) is 0 Å². The van der Waals surface area contributed by atoms with Crippen LogP contribution in [0.5, 0.6) is 0 Å². The zero-order valence-electron chi connectivity index (χ0n) is 40.5. The quantitative estimate of drug-likeness (QED) is 0.182. The zero-order chi connectivity index (χ0) is 48.2. The van der Waals surface area contributed by atoms with Crippen LogP contribution in [0, 0.1) is 23.7 Å². The number of fused-ring (bicyclic) bond motifs is 2. The molecule has 3 saturated heterocycles. The first-order valence-corrected chi connectivity index (χ1v) is 23.4. The molecule has 4 aliphatic rings. The van der Waals surface area contributed by atoms with E-state index in [0.29, 0.717) is 25.1 Å². The lowest BCUT2D eigenvalue weighted by atomic mass is 9.73. The predicted octanol–water partition coefficient (Wildman–Crippen LogP) is 5.75. The molecule has 17 heteroatoms. The van der Waals surface area contributed by atoms with Crippen molar-refractivity contribution in [1.82, 2.24) is 19.8 Å². The SMILES string of the molecule is C=CN(C)[C@H]1C[C@@H](C)OC(O[C@@H]2[C@@H](C)[C@H](OC(=O)Cc3cccnc3)[C@@H](C)C(=O)O[C@H](C)[C@@]3(C)OC(=O)N(CCCC(C)N4CNc5ncccc54)[C@@H]3[C@@H](C)C(=O)[C@H](C)C[C@@]2(C)OC)[C@@H]1O. The van der Waals surface area contributed by atoms with Crippen molar-refractivity contribution in [2.24, 2.45) is 23.7 Å². The summed E-state index contributed by atoms with van der Waals surface area (Å²) in [6, 6.07) is 6.27. The standard InChI is InChI=1S/C49H72N6O11/c1-13-53(11)37-23-30(4)62-46(40(37)58)65-43-32(6)41(64-38(56)24-35-18-14-20-50-26-35)33(7)45(59)63-34(8)49(10)42(31(5)39(57)28(2)25-48(43,9)61-12)54(47(60)66-49)22-16-17-29(3)55-27-52-44-36(55)19-15-21-51-44/h13-15,18-21,26,28-34,37,40-43,46,58H,1,16-17,22-25,27H2,2-12H3,(H,51,52)/t28-,29?,30-,31+,32+,33-,34-,37+,40-,41+,42-,43-,46?,48-,49-/m1/s1. The fourth-order valence-corrected chi connectivity index (χ4v) is 10.7. The summed E-state index contributed by atoms with van der Waals surface area (Å²) in [7, 11) is 3.33. The van der Waals surface area contributed by atoms with Gasteiger partial charge in [-0.3, -0.25) is 19.4 Å². The number of cyclic esters (lactones) is 1. The third-order valence-electron chi connectivity index (χ3n) is 14.7. The molecule has 17 nitrogen and oxygen atoms in total. The van der Waals surface area contributed by atoms with Crippen LogP contribution >= 0.6 is 0 Å². The van der Waals surface area contributed by atoms with Gasteiger partial charge in [0.1, 0.15) is 24.1 Å². The highest BCUT2D eigenvalue weighted by molar-refractivity contribution is 5.85. The lowest BCUT2D eigenvalue weighted by Crippen LogP contribution is -2.60. The Labute approximate surface area is 389 Å². The number of methoxy groups -OCH3 is 1. The smallest absolute Gasteiger partial charge is 0.410 e. The van der Waals surface area contributed by atoms with Crippen molar-refractivity contribution < 1.29 is 52.7 Å². The third kappa shape index (κ3) is 10.5. The number of amides is 1. The van der Waals surface area contributed by atoms with Crippen molar-refractivity contribution in [2.45, 2.75) is 161 Å². The number of pyridine rings is 2. The number of aliphatic hydroxyl groups excluding tert-OH is 1. The Morgan fingerprint density at radius 3 is 2.52 bits per heavy atom. The first-order chi connectivity index (χ1) is 31.2. The number of ether oxygens (including phenoxy) is 6. The number of likely N-dealkylation sites (N-methyl/N-ethyl adjacent to an activating group) is 1. The molecular weight excluding hydrogens is 849 g/mol. The number of aliphatic hydroxyl groups is 1. The van der Waals surface area contributed by atoms with Gasteiger partial charge in [0.05, 0.1) is 54.6 Å². The van der Waals surface area contributed by atoms with Crippen molar-refractivity contribution >= 4 is 35.3 Å². The van der Waals surface area contributed by atoms with E-state index >= 15 is 0 Å². The van der Waals surface area contributed by atoms with Gasteiger partial charge in [0, 0.05) is 63.1 Å². The van der Waals surface area contributed by atoms with E-state index in [1.54, 1.807) is 76.4 Å². The summed E-state index contributed by atoms with van der Waals surface area (Å²) in [4.78, 5) is 71.8. The van der Waals surface area contributed by atoms with E-state index in [4.69, 9.17) is 28.4 Å². The monoisotopic (exact) mass is 921 g/mol. The molecule has 0 radical (unpaired) electrons. The van der Waals surface area contributed by atoms with Gasteiger partial charge in [-0.15, -0.1) is 0 Å². The number of hydrogen-bond donors (Lipinski definition) is 2. The highest BCUT2D eigenvalue weighted by Gasteiger charge is 2.60. The van der Waals surface area contributed by atoms with E-state index in [1.807, 2.05) is 44.9 Å². The Morgan fingerprint density at radius 1 is 1.11 bits per heavy atom. The van der Waals surface area contributed by atoms with E-state index in [1.165, 1.54) is 7.11 Å². The number of esters is 2. The highest BCUT2D eigenvalue weighted by Crippen LogP contribution is 2.44. The molecule has 4 aliphatic heterocycles. The fraction of sp³-hybridized carbons (Fsp3) is 0.673. The molecule has 1 amide bonds. The summed E-state index contributed by atoms with van der Waals surface area (Å²) in [5.41, 5.74) is -1.14. The molecule has 2 aromatic heterocycles. The number of hydrogen-bond acceptors (Lipinski definition) is 16. The molecule has 6 rings (SSSR count). The van der Waals surface area contributed by atoms with Crippen LogP contribution in [0.25, 0.3) is 0 Å². The second kappa shape index (κ2) is 21.0. The molecular formula is C49H72N6O11. The lowest BCUT2D eigenvalue weighted by molar-refractivity contribution is -0.301. The fourth-order valence-electron chi connectivity index (χ4n) is 10.7. The Kier molecular flexibility index (Phi) is 16.1. The largest absolute Gasteiger partial charge is 0.461 e. The molecule has 15 atom stereocenters. The van der Waals surface area contributed by atoms with Crippen molar-refractivity contribution in [1.29, 1.82) is 0 Å². The lowest BCUT2D eigenvalue weighted by Gasteiger charge is -2.48. The third-order valence-corrected chi connectivity index (χ3v) is 14.7. The summed E-state index contributed by atoms with van der Waals surface area (Å²) >= 11 is 0.